The van der Waals surface area contributed by atoms with Crippen molar-refractivity contribution in [3.05, 3.63) is 0 Å². The van der Waals surface area contributed by atoms with Crippen molar-refractivity contribution in [3.63, 3.8) is 0 Å². The highest BCUT2D eigenvalue weighted by atomic mass is 14.9. The van der Waals surface area contributed by atoms with E-state index in [0.29, 0.717) is 0 Å². The number of hydrogen-bond acceptors (Lipinski definition) is 3. The van der Waals surface area contributed by atoms with Crippen LogP contribution in [0.4, 0.5) is 0 Å². The van der Waals surface area contributed by atoms with E-state index in [1.807, 2.05) is 0 Å². The Hall–Kier alpha value is -0.120. The molecule has 0 aromatic carbocycles. The predicted octanol–water partition coefficient (Wildman–Crippen LogP) is -0.380. The molecule has 0 aromatic heterocycles. The first-order valence-corrected chi connectivity index (χ1v) is 3.49. The molecule has 0 atom stereocenters. The monoisotopic (exact) mass is 131 g/mol. The molecule has 0 unspecified atom stereocenters. The topological polar surface area (TPSA) is 64.1 Å². The molecule has 3 heteroatoms. The van der Waals surface area contributed by atoms with Crippen LogP contribution in [-0.2, 0) is 0 Å². The molecule has 56 valence electrons. The van der Waals surface area contributed by atoms with Gasteiger partial charge in [0.2, 0.25) is 0 Å². The average Bonchev–Trinajstić information content (AvgIpc) is 1.80. The minimum atomic E-state index is -0.158. The van der Waals surface area contributed by atoms with Gasteiger partial charge in [0.25, 0.3) is 0 Å². The lowest BCUT2D eigenvalue weighted by molar-refractivity contribution is 0.572. The van der Waals surface area contributed by atoms with Crippen LogP contribution in [0, 0.1) is 0 Å². The molecule has 0 bridgehead atoms. The van der Waals surface area contributed by atoms with Gasteiger partial charge >= 0.3 is 0 Å². The number of hydrogen-bond donors (Lipinski definition) is 3. The Kier molecular flexibility index (Phi) is 5.93. The maximum absolute atomic E-state index is 5.31. The quantitative estimate of drug-likeness (QED) is 0.352. The molecule has 0 rings (SSSR count). The molecule has 9 heavy (non-hydrogen) atoms. The van der Waals surface area contributed by atoms with E-state index >= 15 is 0 Å². The Labute approximate surface area is 56.8 Å². The molecular weight excluding hydrogens is 114 g/mol. The summed E-state index contributed by atoms with van der Waals surface area (Å²) in [6.45, 7) is 4.13. The average molecular weight is 131 g/mol. The predicted molar refractivity (Wildman–Crippen MR) is 39.9 cm³/mol. The summed E-state index contributed by atoms with van der Waals surface area (Å²) in [7, 11) is 0. The van der Waals surface area contributed by atoms with Gasteiger partial charge in [-0.25, -0.2) is 0 Å². The van der Waals surface area contributed by atoms with E-state index in [1.54, 1.807) is 0 Å². The van der Waals surface area contributed by atoms with Crippen LogP contribution in [0.25, 0.3) is 0 Å². The standard InChI is InChI=1S/C6H17N3/c1-2-4-9-5-3-6(7)8/h6,9H,2-5,7-8H2,1H3. The second kappa shape index (κ2) is 6.01. The van der Waals surface area contributed by atoms with Crippen molar-refractivity contribution in [2.45, 2.75) is 25.9 Å². The third-order valence-electron chi connectivity index (χ3n) is 1.08. The number of nitrogens with one attached hydrogen (secondary N) is 1. The molecule has 0 fully saturated rings. The molecule has 0 saturated carbocycles. The zero-order chi connectivity index (χ0) is 7.11. The Morgan fingerprint density at radius 1 is 1.33 bits per heavy atom. The first kappa shape index (κ1) is 8.88. The summed E-state index contributed by atoms with van der Waals surface area (Å²) in [5.74, 6) is 0. The van der Waals surface area contributed by atoms with E-state index in [0.717, 1.165) is 19.5 Å². The van der Waals surface area contributed by atoms with Crippen molar-refractivity contribution < 1.29 is 0 Å². The lowest BCUT2D eigenvalue weighted by Gasteiger charge is -2.04. The van der Waals surface area contributed by atoms with Crippen molar-refractivity contribution >= 4 is 0 Å². The summed E-state index contributed by atoms with van der Waals surface area (Å²) in [6, 6.07) is 0. The van der Waals surface area contributed by atoms with Crippen molar-refractivity contribution in [2.24, 2.45) is 11.5 Å². The van der Waals surface area contributed by atoms with E-state index in [2.05, 4.69) is 12.2 Å². The maximum atomic E-state index is 5.31. The van der Waals surface area contributed by atoms with Crippen LogP contribution < -0.4 is 16.8 Å². The largest absolute Gasteiger partial charge is 0.317 e. The van der Waals surface area contributed by atoms with Gasteiger partial charge in [-0.15, -0.1) is 0 Å². The second-order valence-electron chi connectivity index (χ2n) is 2.20. The van der Waals surface area contributed by atoms with E-state index in [-0.39, 0.29) is 6.17 Å². The van der Waals surface area contributed by atoms with Crippen LogP contribution in [0.2, 0.25) is 0 Å². The molecule has 0 amide bonds. The van der Waals surface area contributed by atoms with Crippen molar-refractivity contribution in [1.82, 2.24) is 5.32 Å². The van der Waals surface area contributed by atoms with Crippen LogP contribution in [0.15, 0.2) is 0 Å². The van der Waals surface area contributed by atoms with Crippen LogP contribution >= 0.6 is 0 Å². The Balaban J connectivity index is 2.75. The normalized spacial score (nSPS) is 10.7. The minimum Gasteiger partial charge on any atom is -0.317 e. The zero-order valence-electron chi connectivity index (χ0n) is 6.06. The summed E-state index contributed by atoms with van der Waals surface area (Å²) < 4.78 is 0. The van der Waals surface area contributed by atoms with Gasteiger partial charge in [0, 0.05) is 0 Å². The Morgan fingerprint density at radius 2 is 2.00 bits per heavy atom. The van der Waals surface area contributed by atoms with E-state index < -0.39 is 0 Å². The van der Waals surface area contributed by atoms with Crippen LogP contribution in [0.3, 0.4) is 0 Å². The molecule has 0 aromatic rings. The van der Waals surface area contributed by atoms with E-state index in [4.69, 9.17) is 11.5 Å². The molecule has 3 nitrogen and oxygen atoms in total. The molecule has 0 aliphatic carbocycles. The van der Waals surface area contributed by atoms with Gasteiger partial charge in [0.05, 0.1) is 6.17 Å². The molecule has 0 spiro atoms. The molecule has 0 aliphatic rings. The summed E-state index contributed by atoms with van der Waals surface area (Å²) in [4.78, 5) is 0. The van der Waals surface area contributed by atoms with Gasteiger partial charge < -0.3 is 16.8 Å². The molecule has 0 radical (unpaired) electrons. The Morgan fingerprint density at radius 3 is 2.44 bits per heavy atom. The molecule has 0 aliphatic heterocycles. The third kappa shape index (κ3) is 7.88. The van der Waals surface area contributed by atoms with Crippen LogP contribution in [0.5, 0.6) is 0 Å². The minimum absolute atomic E-state index is 0.158. The fourth-order valence-corrected chi connectivity index (χ4v) is 0.571. The van der Waals surface area contributed by atoms with Gasteiger partial charge in [-0.05, 0) is 25.9 Å². The smallest absolute Gasteiger partial charge is 0.0533 e. The molecule has 0 heterocycles. The zero-order valence-corrected chi connectivity index (χ0v) is 6.06. The maximum Gasteiger partial charge on any atom is 0.0533 e. The SMILES string of the molecule is CCCNCCC(N)N. The first-order valence-electron chi connectivity index (χ1n) is 3.49. The van der Waals surface area contributed by atoms with E-state index in [9.17, 15) is 0 Å². The van der Waals surface area contributed by atoms with Crippen molar-refractivity contribution in [1.29, 1.82) is 0 Å². The van der Waals surface area contributed by atoms with Gasteiger partial charge in [-0.2, -0.15) is 0 Å². The summed E-state index contributed by atoms with van der Waals surface area (Å²) >= 11 is 0. The highest BCUT2D eigenvalue weighted by molar-refractivity contribution is 4.53. The third-order valence-corrected chi connectivity index (χ3v) is 1.08. The van der Waals surface area contributed by atoms with Crippen molar-refractivity contribution in [3.8, 4) is 0 Å². The molecule has 5 N–H and O–H groups in total. The van der Waals surface area contributed by atoms with E-state index in [1.165, 1.54) is 6.42 Å². The van der Waals surface area contributed by atoms with Crippen molar-refractivity contribution in [2.75, 3.05) is 13.1 Å². The first-order chi connectivity index (χ1) is 4.27. The van der Waals surface area contributed by atoms with Gasteiger partial charge in [-0.3, -0.25) is 0 Å². The fourth-order valence-electron chi connectivity index (χ4n) is 0.571. The second-order valence-corrected chi connectivity index (χ2v) is 2.20. The molecule has 0 saturated heterocycles. The highest BCUT2D eigenvalue weighted by Crippen LogP contribution is 1.76. The van der Waals surface area contributed by atoms with Gasteiger partial charge in [0.15, 0.2) is 0 Å². The Bertz CT molecular complexity index is 54.3. The highest BCUT2D eigenvalue weighted by Gasteiger charge is 1.90. The summed E-state index contributed by atoms with van der Waals surface area (Å²) in [5, 5.41) is 3.21. The van der Waals surface area contributed by atoms with Crippen LogP contribution in [-0.4, -0.2) is 19.3 Å². The number of rotatable bonds is 5. The van der Waals surface area contributed by atoms with Gasteiger partial charge in [0.1, 0.15) is 0 Å². The van der Waals surface area contributed by atoms with Crippen LogP contribution in [0.1, 0.15) is 19.8 Å². The molecular formula is C6H17N3. The van der Waals surface area contributed by atoms with Gasteiger partial charge in [-0.1, -0.05) is 6.92 Å². The lowest BCUT2D eigenvalue weighted by atomic mass is 10.3. The number of nitrogens with two attached hydrogens (primary N) is 2. The summed E-state index contributed by atoms with van der Waals surface area (Å²) in [6.07, 6.45) is 1.87. The lowest BCUT2D eigenvalue weighted by Crippen LogP contribution is -2.34. The fraction of sp³-hybridized carbons (Fsp3) is 1.00. The summed E-state index contributed by atoms with van der Waals surface area (Å²) in [5.41, 5.74) is 10.6.